The van der Waals surface area contributed by atoms with E-state index in [0.717, 1.165) is 25.7 Å². The van der Waals surface area contributed by atoms with E-state index in [4.69, 9.17) is 21.1 Å². The number of rotatable bonds is 8. The maximum atomic E-state index is 12.7. The minimum atomic E-state index is -0.0925. The predicted molar refractivity (Wildman–Crippen MR) is 98.7 cm³/mol. The van der Waals surface area contributed by atoms with E-state index in [1.165, 1.54) is 13.3 Å². The van der Waals surface area contributed by atoms with Crippen molar-refractivity contribution < 1.29 is 19.1 Å². The summed E-state index contributed by atoms with van der Waals surface area (Å²) in [6.07, 6.45) is 5.39. The van der Waals surface area contributed by atoms with Gasteiger partial charge in [0.1, 0.15) is 18.1 Å². The van der Waals surface area contributed by atoms with Gasteiger partial charge in [-0.3, -0.25) is 9.59 Å². The first kappa shape index (κ1) is 19.9. The van der Waals surface area contributed by atoms with Crippen LogP contribution in [0.15, 0.2) is 12.1 Å². The second-order valence-corrected chi connectivity index (χ2v) is 7.17. The fourth-order valence-corrected chi connectivity index (χ4v) is 3.52. The van der Waals surface area contributed by atoms with Gasteiger partial charge in [-0.1, -0.05) is 30.9 Å². The van der Waals surface area contributed by atoms with Gasteiger partial charge >= 0.3 is 0 Å². The Bertz CT molecular complexity index is 620. The number of ether oxygens (including phenoxy) is 2. The SMILES string of the molecule is COC(C)COc1ccc(C(C)=O)c(CC(=O)C2CCCCC2)c1Cl. The molecule has 1 fully saturated rings. The van der Waals surface area contributed by atoms with Crippen LogP contribution in [0.2, 0.25) is 5.02 Å². The molecule has 1 atom stereocenters. The summed E-state index contributed by atoms with van der Waals surface area (Å²) < 4.78 is 10.9. The molecule has 4 nitrogen and oxygen atoms in total. The number of carbonyl (C=O) groups excluding carboxylic acids is 2. The lowest BCUT2D eigenvalue weighted by atomic mass is 9.83. The van der Waals surface area contributed by atoms with Gasteiger partial charge in [0.2, 0.25) is 0 Å². The van der Waals surface area contributed by atoms with E-state index in [1.807, 2.05) is 6.92 Å². The number of carbonyl (C=O) groups is 2. The molecular formula is C20H27ClO4. The summed E-state index contributed by atoms with van der Waals surface area (Å²) in [6, 6.07) is 3.39. The molecule has 0 spiro atoms. The van der Waals surface area contributed by atoms with Crippen molar-refractivity contribution in [3.8, 4) is 5.75 Å². The zero-order chi connectivity index (χ0) is 18.4. The topological polar surface area (TPSA) is 52.6 Å². The highest BCUT2D eigenvalue weighted by Crippen LogP contribution is 2.34. The van der Waals surface area contributed by atoms with Crippen molar-refractivity contribution in [2.75, 3.05) is 13.7 Å². The van der Waals surface area contributed by atoms with Crippen molar-refractivity contribution in [1.82, 2.24) is 0 Å². The molecule has 0 N–H and O–H groups in total. The molecule has 1 aromatic rings. The minimum Gasteiger partial charge on any atom is -0.489 e. The van der Waals surface area contributed by atoms with E-state index >= 15 is 0 Å². The van der Waals surface area contributed by atoms with Gasteiger partial charge in [-0.25, -0.2) is 0 Å². The lowest BCUT2D eigenvalue weighted by molar-refractivity contribution is -0.123. The molecule has 0 aromatic heterocycles. The van der Waals surface area contributed by atoms with Crippen LogP contribution in [0.25, 0.3) is 0 Å². The maximum absolute atomic E-state index is 12.7. The Balaban J connectivity index is 2.23. The molecule has 5 heteroatoms. The molecule has 0 radical (unpaired) electrons. The average molecular weight is 367 g/mol. The number of Topliss-reactive ketones (excluding diaryl/α,β-unsaturated/α-hetero) is 2. The first-order valence-electron chi connectivity index (χ1n) is 8.94. The Hall–Kier alpha value is -1.39. The third kappa shape index (κ3) is 5.29. The lowest BCUT2D eigenvalue weighted by Gasteiger charge is -2.21. The van der Waals surface area contributed by atoms with E-state index in [1.54, 1.807) is 19.2 Å². The van der Waals surface area contributed by atoms with Crippen LogP contribution < -0.4 is 4.74 Å². The Morgan fingerprint density at radius 2 is 1.92 bits per heavy atom. The van der Waals surface area contributed by atoms with Crippen LogP contribution in [0.1, 0.15) is 61.9 Å². The van der Waals surface area contributed by atoms with Gasteiger partial charge in [-0.2, -0.15) is 0 Å². The van der Waals surface area contributed by atoms with Gasteiger partial charge in [0, 0.05) is 25.0 Å². The molecule has 1 aromatic carbocycles. The summed E-state index contributed by atoms with van der Waals surface area (Å²) >= 11 is 6.50. The van der Waals surface area contributed by atoms with E-state index in [9.17, 15) is 9.59 Å². The van der Waals surface area contributed by atoms with Gasteiger partial charge in [0.05, 0.1) is 11.1 Å². The van der Waals surface area contributed by atoms with Crippen molar-refractivity contribution in [2.45, 2.75) is 58.5 Å². The van der Waals surface area contributed by atoms with Gasteiger partial charge in [-0.05, 0) is 44.4 Å². The van der Waals surface area contributed by atoms with Gasteiger partial charge in [-0.15, -0.1) is 0 Å². The number of hydrogen-bond acceptors (Lipinski definition) is 4. The molecule has 138 valence electrons. The normalized spacial score (nSPS) is 16.5. The first-order chi connectivity index (χ1) is 11.9. The number of hydrogen-bond donors (Lipinski definition) is 0. The van der Waals surface area contributed by atoms with Gasteiger partial charge in [0.25, 0.3) is 0 Å². The predicted octanol–water partition coefficient (Wildman–Crippen LogP) is 4.65. The molecule has 25 heavy (non-hydrogen) atoms. The van der Waals surface area contributed by atoms with Crippen molar-refractivity contribution in [3.05, 3.63) is 28.3 Å². The minimum absolute atomic E-state index is 0.0733. The molecular weight excluding hydrogens is 340 g/mol. The molecule has 0 aliphatic heterocycles. The van der Waals surface area contributed by atoms with E-state index in [-0.39, 0.29) is 30.0 Å². The summed E-state index contributed by atoms with van der Waals surface area (Å²) in [5, 5.41) is 0.361. The maximum Gasteiger partial charge on any atom is 0.160 e. The second kappa shape index (κ2) is 9.35. The summed E-state index contributed by atoms with van der Waals surface area (Å²) in [6.45, 7) is 3.74. The monoisotopic (exact) mass is 366 g/mol. The second-order valence-electron chi connectivity index (χ2n) is 6.80. The van der Waals surface area contributed by atoms with E-state index in [2.05, 4.69) is 0 Å². The van der Waals surface area contributed by atoms with Crippen molar-refractivity contribution in [1.29, 1.82) is 0 Å². The molecule has 0 heterocycles. The highest BCUT2D eigenvalue weighted by Gasteiger charge is 2.25. The van der Waals surface area contributed by atoms with Crippen LogP contribution in [-0.4, -0.2) is 31.4 Å². The third-order valence-corrected chi connectivity index (χ3v) is 5.29. The van der Waals surface area contributed by atoms with Crippen LogP contribution in [0.5, 0.6) is 5.75 Å². The van der Waals surface area contributed by atoms with Crippen LogP contribution in [0.4, 0.5) is 0 Å². The summed E-state index contributed by atoms with van der Waals surface area (Å²) in [5.41, 5.74) is 1.09. The number of methoxy groups -OCH3 is 1. The van der Waals surface area contributed by atoms with E-state index < -0.39 is 0 Å². The standard InChI is InChI=1S/C20H27ClO4/c1-13(24-3)12-25-19-10-9-16(14(2)22)17(20(19)21)11-18(23)15-7-5-4-6-8-15/h9-10,13,15H,4-8,11-12H2,1-3H3. The summed E-state index contributed by atoms with van der Waals surface area (Å²) in [4.78, 5) is 24.7. The van der Waals surface area contributed by atoms with Crippen LogP contribution >= 0.6 is 11.6 Å². The smallest absolute Gasteiger partial charge is 0.160 e. The molecule has 0 saturated heterocycles. The number of benzene rings is 1. The quantitative estimate of drug-likeness (QED) is 0.628. The fraction of sp³-hybridized carbons (Fsp3) is 0.600. The zero-order valence-electron chi connectivity index (χ0n) is 15.3. The third-order valence-electron chi connectivity index (χ3n) is 4.87. The molecule has 1 saturated carbocycles. The Morgan fingerprint density at radius 1 is 1.24 bits per heavy atom. The Labute approximate surface area is 154 Å². The molecule has 1 aliphatic rings. The van der Waals surface area contributed by atoms with Crippen molar-refractivity contribution >= 4 is 23.2 Å². The average Bonchev–Trinajstić information content (AvgIpc) is 2.62. The number of halogens is 1. The summed E-state index contributed by atoms with van der Waals surface area (Å²) in [5.74, 6) is 0.654. The fourth-order valence-electron chi connectivity index (χ4n) is 3.23. The zero-order valence-corrected chi connectivity index (χ0v) is 16.0. The van der Waals surface area contributed by atoms with Crippen LogP contribution in [0.3, 0.4) is 0 Å². The molecule has 2 rings (SSSR count). The lowest BCUT2D eigenvalue weighted by Crippen LogP contribution is -2.21. The van der Waals surface area contributed by atoms with Gasteiger partial charge < -0.3 is 9.47 Å². The van der Waals surface area contributed by atoms with Crippen LogP contribution in [0, 0.1) is 5.92 Å². The highest BCUT2D eigenvalue weighted by atomic mass is 35.5. The molecule has 1 unspecified atom stereocenters. The highest BCUT2D eigenvalue weighted by molar-refractivity contribution is 6.33. The largest absolute Gasteiger partial charge is 0.489 e. The Kier molecular flexibility index (Phi) is 7.45. The van der Waals surface area contributed by atoms with Gasteiger partial charge in [0.15, 0.2) is 5.78 Å². The van der Waals surface area contributed by atoms with Crippen molar-refractivity contribution in [3.63, 3.8) is 0 Å². The van der Waals surface area contributed by atoms with Crippen molar-refractivity contribution in [2.24, 2.45) is 5.92 Å². The Morgan fingerprint density at radius 3 is 2.52 bits per heavy atom. The summed E-state index contributed by atoms with van der Waals surface area (Å²) in [7, 11) is 1.61. The van der Waals surface area contributed by atoms with E-state index in [0.29, 0.717) is 28.5 Å². The molecule has 0 amide bonds. The molecule has 0 bridgehead atoms. The molecule has 1 aliphatic carbocycles. The van der Waals surface area contributed by atoms with Crippen LogP contribution in [-0.2, 0) is 16.0 Å². The number of ketones is 2. The first-order valence-corrected chi connectivity index (χ1v) is 9.32.